The Balaban J connectivity index is 1.45. The Morgan fingerprint density at radius 1 is 1.04 bits per heavy atom. The molecule has 0 aliphatic carbocycles. The van der Waals surface area contributed by atoms with Crippen LogP contribution in [0.1, 0.15) is 17.5 Å². The third-order valence-corrected chi connectivity index (χ3v) is 4.73. The summed E-state index contributed by atoms with van der Waals surface area (Å²) in [4.78, 5) is 16.5. The summed E-state index contributed by atoms with van der Waals surface area (Å²) >= 11 is 0. The van der Waals surface area contributed by atoms with Crippen molar-refractivity contribution in [3.8, 4) is 0 Å². The van der Waals surface area contributed by atoms with Crippen LogP contribution in [0.2, 0.25) is 0 Å². The highest BCUT2D eigenvalue weighted by atomic mass is 19.1. The molecule has 0 unspecified atom stereocenters. The van der Waals surface area contributed by atoms with Crippen molar-refractivity contribution < 1.29 is 9.18 Å². The molecular formula is C21H26FN3O. The van der Waals surface area contributed by atoms with E-state index in [9.17, 15) is 9.18 Å². The van der Waals surface area contributed by atoms with Crippen molar-refractivity contribution in [1.29, 1.82) is 0 Å². The number of rotatable bonds is 5. The fourth-order valence-electron chi connectivity index (χ4n) is 3.45. The van der Waals surface area contributed by atoms with E-state index in [-0.39, 0.29) is 11.7 Å². The van der Waals surface area contributed by atoms with Crippen molar-refractivity contribution >= 4 is 17.3 Å². The summed E-state index contributed by atoms with van der Waals surface area (Å²) in [5.41, 5.74) is 3.81. The van der Waals surface area contributed by atoms with Gasteiger partial charge in [0.1, 0.15) is 5.82 Å². The average molecular weight is 355 g/mol. The molecule has 1 N–H and O–H groups in total. The maximum absolute atomic E-state index is 13.9. The first-order chi connectivity index (χ1) is 12.5. The van der Waals surface area contributed by atoms with E-state index in [0.29, 0.717) is 12.1 Å². The SMILES string of the molecule is Cc1cc(C)cc(NC(=O)CCN2CCN(c3ccccc3F)CC2)c1. The molecule has 1 aliphatic rings. The summed E-state index contributed by atoms with van der Waals surface area (Å²) in [6.07, 6.45) is 0.465. The van der Waals surface area contributed by atoms with Crippen molar-refractivity contribution in [2.45, 2.75) is 20.3 Å². The van der Waals surface area contributed by atoms with Crippen LogP contribution in [-0.2, 0) is 4.79 Å². The molecule has 26 heavy (non-hydrogen) atoms. The molecule has 1 amide bonds. The molecule has 2 aromatic carbocycles. The molecule has 1 fully saturated rings. The van der Waals surface area contributed by atoms with Gasteiger partial charge >= 0.3 is 0 Å². The van der Waals surface area contributed by atoms with E-state index in [1.807, 2.05) is 38.1 Å². The van der Waals surface area contributed by atoms with Crippen LogP contribution in [0.4, 0.5) is 15.8 Å². The first kappa shape index (κ1) is 18.4. The molecule has 5 heteroatoms. The Morgan fingerprint density at radius 2 is 1.69 bits per heavy atom. The molecule has 1 saturated heterocycles. The van der Waals surface area contributed by atoms with Crippen LogP contribution in [0.5, 0.6) is 0 Å². The number of aryl methyl sites for hydroxylation is 2. The van der Waals surface area contributed by atoms with Gasteiger partial charge in [0.15, 0.2) is 0 Å². The smallest absolute Gasteiger partial charge is 0.225 e. The van der Waals surface area contributed by atoms with Crippen molar-refractivity contribution in [3.63, 3.8) is 0 Å². The zero-order valence-corrected chi connectivity index (χ0v) is 15.5. The Hall–Kier alpha value is -2.40. The normalized spacial score (nSPS) is 15.1. The average Bonchev–Trinajstić information content (AvgIpc) is 2.60. The van der Waals surface area contributed by atoms with E-state index in [1.54, 1.807) is 6.07 Å². The van der Waals surface area contributed by atoms with E-state index in [1.165, 1.54) is 6.07 Å². The highest BCUT2D eigenvalue weighted by Gasteiger charge is 2.19. The van der Waals surface area contributed by atoms with Gasteiger partial charge < -0.3 is 10.2 Å². The summed E-state index contributed by atoms with van der Waals surface area (Å²) in [6, 6.07) is 13.0. The minimum Gasteiger partial charge on any atom is -0.367 e. The highest BCUT2D eigenvalue weighted by molar-refractivity contribution is 5.91. The van der Waals surface area contributed by atoms with Gasteiger partial charge in [-0.05, 0) is 49.2 Å². The number of amides is 1. The predicted molar refractivity (Wildman–Crippen MR) is 104 cm³/mol. The molecule has 0 atom stereocenters. The summed E-state index contributed by atoms with van der Waals surface area (Å²) < 4.78 is 13.9. The quantitative estimate of drug-likeness (QED) is 0.890. The van der Waals surface area contributed by atoms with Gasteiger partial charge in [-0.25, -0.2) is 4.39 Å². The predicted octanol–water partition coefficient (Wildman–Crippen LogP) is 3.59. The Labute approximate surface area is 154 Å². The molecule has 3 rings (SSSR count). The molecule has 0 saturated carbocycles. The number of benzene rings is 2. The van der Waals surface area contributed by atoms with Gasteiger partial charge in [0.2, 0.25) is 5.91 Å². The summed E-state index contributed by atoms with van der Waals surface area (Å²) in [6.45, 7) is 8.01. The second-order valence-corrected chi connectivity index (χ2v) is 6.95. The number of carbonyl (C=O) groups is 1. The number of para-hydroxylation sites is 1. The van der Waals surface area contributed by atoms with Crippen LogP contribution in [0.15, 0.2) is 42.5 Å². The third-order valence-electron chi connectivity index (χ3n) is 4.73. The maximum atomic E-state index is 13.9. The largest absolute Gasteiger partial charge is 0.367 e. The lowest BCUT2D eigenvalue weighted by Crippen LogP contribution is -2.47. The lowest BCUT2D eigenvalue weighted by molar-refractivity contribution is -0.116. The molecule has 1 heterocycles. The van der Waals surface area contributed by atoms with E-state index in [0.717, 1.165) is 49.5 Å². The number of halogens is 1. The molecule has 138 valence electrons. The fourth-order valence-corrected chi connectivity index (χ4v) is 3.45. The Morgan fingerprint density at radius 3 is 2.35 bits per heavy atom. The molecule has 0 radical (unpaired) electrons. The Kier molecular flexibility index (Phi) is 5.89. The van der Waals surface area contributed by atoms with Crippen LogP contribution in [0, 0.1) is 19.7 Å². The van der Waals surface area contributed by atoms with Crippen LogP contribution >= 0.6 is 0 Å². The van der Waals surface area contributed by atoms with E-state index in [2.05, 4.69) is 21.2 Å². The molecular weight excluding hydrogens is 329 g/mol. The summed E-state index contributed by atoms with van der Waals surface area (Å²) in [5, 5.41) is 2.98. The number of nitrogens with zero attached hydrogens (tertiary/aromatic N) is 2. The van der Waals surface area contributed by atoms with Crippen molar-refractivity contribution in [1.82, 2.24) is 4.90 Å². The van der Waals surface area contributed by atoms with Crippen LogP contribution in [0.25, 0.3) is 0 Å². The summed E-state index contributed by atoms with van der Waals surface area (Å²) in [7, 11) is 0. The topological polar surface area (TPSA) is 35.6 Å². The molecule has 0 aromatic heterocycles. The molecule has 0 spiro atoms. The second kappa shape index (κ2) is 8.32. The maximum Gasteiger partial charge on any atom is 0.225 e. The Bertz CT molecular complexity index is 749. The van der Waals surface area contributed by atoms with Gasteiger partial charge in [-0.15, -0.1) is 0 Å². The fraction of sp³-hybridized carbons (Fsp3) is 0.381. The van der Waals surface area contributed by atoms with Gasteiger partial charge in [-0.2, -0.15) is 0 Å². The van der Waals surface area contributed by atoms with Gasteiger partial charge in [0.05, 0.1) is 5.69 Å². The van der Waals surface area contributed by atoms with Crippen molar-refractivity contribution in [2.24, 2.45) is 0 Å². The number of anilines is 2. The van der Waals surface area contributed by atoms with Crippen LogP contribution in [-0.4, -0.2) is 43.5 Å². The van der Waals surface area contributed by atoms with Crippen LogP contribution < -0.4 is 10.2 Å². The highest BCUT2D eigenvalue weighted by Crippen LogP contribution is 2.20. The first-order valence-corrected chi connectivity index (χ1v) is 9.11. The number of piperazine rings is 1. The van der Waals surface area contributed by atoms with Crippen LogP contribution in [0.3, 0.4) is 0 Å². The molecule has 4 nitrogen and oxygen atoms in total. The number of hydrogen-bond donors (Lipinski definition) is 1. The monoisotopic (exact) mass is 355 g/mol. The van der Waals surface area contributed by atoms with Gasteiger partial charge in [-0.3, -0.25) is 9.69 Å². The zero-order chi connectivity index (χ0) is 18.5. The second-order valence-electron chi connectivity index (χ2n) is 6.95. The third kappa shape index (κ3) is 4.82. The molecule has 2 aromatic rings. The minimum atomic E-state index is -0.172. The van der Waals surface area contributed by atoms with Crippen molar-refractivity contribution in [2.75, 3.05) is 42.9 Å². The van der Waals surface area contributed by atoms with E-state index < -0.39 is 0 Å². The lowest BCUT2D eigenvalue weighted by Gasteiger charge is -2.36. The first-order valence-electron chi connectivity index (χ1n) is 9.11. The molecule has 0 bridgehead atoms. The summed E-state index contributed by atoms with van der Waals surface area (Å²) in [5.74, 6) is -0.139. The van der Waals surface area contributed by atoms with Gasteiger partial charge in [-0.1, -0.05) is 18.2 Å². The van der Waals surface area contributed by atoms with Gasteiger partial charge in [0, 0.05) is 44.8 Å². The number of hydrogen-bond acceptors (Lipinski definition) is 3. The number of carbonyl (C=O) groups excluding carboxylic acids is 1. The molecule has 1 aliphatic heterocycles. The zero-order valence-electron chi connectivity index (χ0n) is 15.5. The van der Waals surface area contributed by atoms with E-state index in [4.69, 9.17) is 0 Å². The van der Waals surface area contributed by atoms with Crippen molar-refractivity contribution in [3.05, 3.63) is 59.4 Å². The minimum absolute atomic E-state index is 0.0338. The van der Waals surface area contributed by atoms with E-state index >= 15 is 0 Å². The number of nitrogens with one attached hydrogen (secondary N) is 1. The lowest BCUT2D eigenvalue weighted by atomic mass is 10.1. The van der Waals surface area contributed by atoms with Gasteiger partial charge in [0.25, 0.3) is 0 Å². The standard InChI is InChI=1S/C21H26FN3O/c1-16-13-17(2)15-18(14-16)23-21(26)7-8-24-9-11-25(12-10-24)20-6-4-3-5-19(20)22/h3-6,13-15H,7-12H2,1-2H3,(H,23,26).